The Hall–Kier alpha value is -0.970. The lowest BCUT2D eigenvalue weighted by molar-refractivity contribution is -0.151. The highest BCUT2D eigenvalue weighted by molar-refractivity contribution is 8.00. The fraction of sp³-hybridized carbons (Fsp3) is 0.500. The van der Waals surface area contributed by atoms with Crippen molar-refractivity contribution in [3.8, 4) is 0 Å². The van der Waals surface area contributed by atoms with Crippen molar-refractivity contribution in [2.24, 2.45) is 5.92 Å². The smallest absolute Gasteiger partial charge is 0.352 e. The molecule has 0 aromatic carbocycles. The zero-order chi connectivity index (χ0) is 9.59. The van der Waals surface area contributed by atoms with Gasteiger partial charge in [-0.15, -0.1) is 11.8 Å². The number of hydrogen-bond acceptors (Lipinski definition) is 3. The standard InChI is InChI=1S/C8H9NO3S/c1-4-6(10)9-5(8(11)12)2-3-13-7(4)9/h2,4,7H,3H2,1H3,(H,11,12). The van der Waals surface area contributed by atoms with Crippen LogP contribution in [0.15, 0.2) is 11.8 Å². The summed E-state index contributed by atoms with van der Waals surface area (Å²) < 4.78 is 0. The highest BCUT2D eigenvalue weighted by atomic mass is 32.2. The predicted octanol–water partition coefficient (Wildman–Crippen LogP) is 0.506. The Morgan fingerprint density at radius 2 is 2.46 bits per heavy atom. The summed E-state index contributed by atoms with van der Waals surface area (Å²) in [5, 5.41) is 8.84. The van der Waals surface area contributed by atoms with Crippen molar-refractivity contribution in [2.45, 2.75) is 12.3 Å². The van der Waals surface area contributed by atoms with Crippen LogP contribution in [0.5, 0.6) is 0 Å². The van der Waals surface area contributed by atoms with Crippen molar-refractivity contribution in [3.63, 3.8) is 0 Å². The molecule has 13 heavy (non-hydrogen) atoms. The van der Waals surface area contributed by atoms with E-state index in [1.165, 1.54) is 4.90 Å². The Morgan fingerprint density at radius 3 is 3.08 bits per heavy atom. The first-order valence-corrected chi connectivity index (χ1v) is 5.06. The van der Waals surface area contributed by atoms with Gasteiger partial charge in [0, 0.05) is 5.75 Å². The van der Waals surface area contributed by atoms with E-state index >= 15 is 0 Å². The van der Waals surface area contributed by atoms with Crippen molar-refractivity contribution in [1.82, 2.24) is 4.90 Å². The quantitative estimate of drug-likeness (QED) is 0.625. The summed E-state index contributed by atoms with van der Waals surface area (Å²) in [6, 6.07) is 0. The molecule has 4 nitrogen and oxygen atoms in total. The first kappa shape index (κ1) is 8.62. The zero-order valence-corrected chi connectivity index (χ0v) is 7.87. The number of carbonyl (C=O) groups excluding carboxylic acids is 1. The van der Waals surface area contributed by atoms with E-state index in [0.717, 1.165) is 0 Å². The van der Waals surface area contributed by atoms with Gasteiger partial charge in [0.25, 0.3) is 0 Å². The van der Waals surface area contributed by atoms with E-state index in [0.29, 0.717) is 5.75 Å². The van der Waals surface area contributed by atoms with Crippen LogP contribution in [0.4, 0.5) is 0 Å². The topological polar surface area (TPSA) is 57.6 Å². The number of β-lactam (4-membered cyclic amide) rings is 1. The highest BCUT2D eigenvalue weighted by Crippen LogP contribution is 2.40. The predicted molar refractivity (Wildman–Crippen MR) is 48.0 cm³/mol. The van der Waals surface area contributed by atoms with Crippen LogP contribution in [-0.4, -0.2) is 33.0 Å². The molecule has 0 bridgehead atoms. The maximum atomic E-state index is 11.3. The Kier molecular flexibility index (Phi) is 1.83. The molecule has 0 saturated carbocycles. The molecule has 0 radical (unpaired) electrons. The summed E-state index contributed by atoms with van der Waals surface area (Å²) >= 11 is 1.61. The lowest BCUT2D eigenvalue weighted by Crippen LogP contribution is -2.59. The Balaban J connectivity index is 2.27. The van der Waals surface area contributed by atoms with Crippen molar-refractivity contribution in [1.29, 1.82) is 0 Å². The van der Waals surface area contributed by atoms with Crippen molar-refractivity contribution < 1.29 is 14.7 Å². The zero-order valence-electron chi connectivity index (χ0n) is 7.06. The molecule has 1 fully saturated rings. The van der Waals surface area contributed by atoms with Crippen LogP contribution in [0.1, 0.15) is 6.92 Å². The first-order chi connectivity index (χ1) is 6.13. The monoisotopic (exact) mass is 199 g/mol. The lowest BCUT2D eigenvalue weighted by Gasteiger charge is -2.47. The molecule has 2 aliphatic rings. The van der Waals surface area contributed by atoms with Gasteiger partial charge in [0.05, 0.1) is 11.3 Å². The van der Waals surface area contributed by atoms with Crippen molar-refractivity contribution in [3.05, 3.63) is 11.8 Å². The van der Waals surface area contributed by atoms with Gasteiger partial charge in [-0.05, 0) is 6.08 Å². The minimum Gasteiger partial charge on any atom is -0.477 e. The Morgan fingerprint density at radius 1 is 1.77 bits per heavy atom. The van der Waals surface area contributed by atoms with Gasteiger partial charge in [-0.1, -0.05) is 6.92 Å². The van der Waals surface area contributed by atoms with E-state index in [9.17, 15) is 9.59 Å². The molecule has 1 amide bonds. The third-order valence-electron chi connectivity index (χ3n) is 2.33. The number of carboxylic acids is 1. The second-order valence-corrected chi connectivity index (χ2v) is 4.26. The molecular formula is C8H9NO3S. The third-order valence-corrected chi connectivity index (χ3v) is 3.65. The number of hydrogen-bond donors (Lipinski definition) is 1. The lowest BCUT2D eigenvalue weighted by atomic mass is 9.99. The molecule has 0 aromatic heterocycles. The largest absolute Gasteiger partial charge is 0.477 e. The van der Waals surface area contributed by atoms with Gasteiger partial charge < -0.3 is 5.11 Å². The van der Waals surface area contributed by atoms with Crippen LogP contribution in [0.2, 0.25) is 0 Å². The van der Waals surface area contributed by atoms with Gasteiger partial charge in [0.2, 0.25) is 5.91 Å². The fourth-order valence-electron chi connectivity index (χ4n) is 1.60. The van der Waals surface area contributed by atoms with E-state index in [2.05, 4.69) is 0 Å². The maximum Gasteiger partial charge on any atom is 0.352 e. The second kappa shape index (κ2) is 2.77. The van der Waals surface area contributed by atoms with Gasteiger partial charge in [0.1, 0.15) is 5.70 Å². The molecule has 5 heteroatoms. The number of amides is 1. The van der Waals surface area contributed by atoms with Crippen molar-refractivity contribution >= 4 is 23.6 Å². The second-order valence-electron chi connectivity index (χ2n) is 3.12. The average Bonchev–Trinajstić information content (AvgIpc) is 2.15. The van der Waals surface area contributed by atoms with E-state index in [4.69, 9.17) is 5.11 Å². The minimum absolute atomic E-state index is 0.0342. The number of thioether (sulfide) groups is 1. The highest BCUT2D eigenvalue weighted by Gasteiger charge is 2.49. The summed E-state index contributed by atoms with van der Waals surface area (Å²) in [7, 11) is 0. The number of nitrogens with zero attached hydrogens (tertiary/aromatic N) is 1. The molecule has 70 valence electrons. The molecular weight excluding hydrogens is 190 g/mol. The van der Waals surface area contributed by atoms with Crippen LogP contribution < -0.4 is 0 Å². The van der Waals surface area contributed by atoms with E-state index < -0.39 is 5.97 Å². The average molecular weight is 199 g/mol. The van der Waals surface area contributed by atoms with E-state index in [1.807, 2.05) is 6.92 Å². The summed E-state index contributed by atoms with van der Waals surface area (Å²) in [5.41, 5.74) is 0.145. The number of carbonyl (C=O) groups is 2. The SMILES string of the molecule is CC1C(=O)N2C(C(=O)O)=CCSC12. The van der Waals surface area contributed by atoms with Crippen LogP contribution in [0.3, 0.4) is 0 Å². The summed E-state index contributed by atoms with van der Waals surface area (Å²) in [5.74, 6) is -0.440. The number of rotatable bonds is 1. The van der Waals surface area contributed by atoms with Crippen LogP contribution in [-0.2, 0) is 9.59 Å². The van der Waals surface area contributed by atoms with Gasteiger partial charge >= 0.3 is 5.97 Å². The molecule has 0 aromatic rings. The molecule has 1 saturated heterocycles. The van der Waals surface area contributed by atoms with Gasteiger partial charge in [-0.2, -0.15) is 0 Å². The normalized spacial score (nSPS) is 31.9. The summed E-state index contributed by atoms with van der Waals surface area (Å²) in [6.45, 7) is 1.83. The molecule has 0 aliphatic carbocycles. The van der Waals surface area contributed by atoms with Gasteiger partial charge in [-0.25, -0.2) is 4.79 Å². The maximum absolute atomic E-state index is 11.3. The third kappa shape index (κ3) is 1.07. The summed E-state index contributed by atoms with van der Waals surface area (Å²) in [6.07, 6.45) is 1.59. The minimum atomic E-state index is -1.01. The van der Waals surface area contributed by atoms with Crippen LogP contribution in [0.25, 0.3) is 0 Å². The first-order valence-electron chi connectivity index (χ1n) is 4.01. The molecule has 2 aliphatic heterocycles. The molecule has 0 spiro atoms. The molecule has 2 heterocycles. The fourth-order valence-corrected chi connectivity index (χ4v) is 2.82. The Bertz CT molecular complexity index is 313. The van der Waals surface area contributed by atoms with E-state index in [1.54, 1.807) is 17.8 Å². The van der Waals surface area contributed by atoms with E-state index in [-0.39, 0.29) is 22.9 Å². The number of fused-ring (bicyclic) bond motifs is 1. The van der Waals surface area contributed by atoms with Gasteiger partial charge in [0.15, 0.2) is 0 Å². The molecule has 2 atom stereocenters. The number of carboxylic acid groups (broad SMARTS) is 1. The Labute approximate surface area is 79.6 Å². The number of aliphatic carboxylic acids is 1. The summed E-state index contributed by atoms with van der Waals surface area (Å²) in [4.78, 5) is 23.4. The van der Waals surface area contributed by atoms with Crippen LogP contribution >= 0.6 is 11.8 Å². The molecule has 1 N–H and O–H groups in total. The molecule has 2 unspecified atom stereocenters. The van der Waals surface area contributed by atoms with Crippen molar-refractivity contribution in [2.75, 3.05) is 5.75 Å². The molecule has 2 rings (SSSR count). The van der Waals surface area contributed by atoms with Gasteiger partial charge in [-0.3, -0.25) is 9.69 Å². The van der Waals surface area contributed by atoms with Crippen LogP contribution in [0, 0.1) is 5.92 Å².